The van der Waals surface area contributed by atoms with Crippen LogP contribution in [0.4, 0.5) is 5.69 Å². The molecule has 156 valence electrons. The van der Waals surface area contributed by atoms with Crippen molar-refractivity contribution in [1.82, 2.24) is 9.88 Å². The summed E-state index contributed by atoms with van der Waals surface area (Å²) in [6.07, 6.45) is 0. The first-order valence-corrected chi connectivity index (χ1v) is 11.3. The number of thioether (sulfide) groups is 1. The van der Waals surface area contributed by atoms with Crippen LogP contribution in [0.25, 0.3) is 11.1 Å². The highest BCUT2D eigenvalue weighted by Gasteiger charge is 2.14. The van der Waals surface area contributed by atoms with E-state index in [9.17, 15) is 9.59 Å². The number of benzene rings is 3. The standard InChI is InChI=1S/C22H15BrClN3O3S/c23-15-6-11-18-19(12-15)30-22(29)27(18)13-31-21(25-17-9-7-16(24)8-10-17)26-20(28)14-4-2-1-3-5-14/h1-12H,13H2,(H,25,26,28). The molecule has 0 unspecified atom stereocenters. The summed E-state index contributed by atoms with van der Waals surface area (Å²) in [6, 6.07) is 21.1. The van der Waals surface area contributed by atoms with Crippen molar-refractivity contribution in [2.75, 3.05) is 0 Å². The number of rotatable bonds is 4. The van der Waals surface area contributed by atoms with Crippen molar-refractivity contribution in [3.05, 3.63) is 98.4 Å². The zero-order valence-electron chi connectivity index (χ0n) is 15.9. The number of oxazole rings is 1. The van der Waals surface area contributed by atoms with Crippen LogP contribution in [0.15, 0.2) is 91.5 Å². The van der Waals surface area contributed by atoms with Crippen molar-refractivity contribution in [2.45, 2.75) is 5.88 Å². The fourth-order valence-corrected chi connectivity index (χ4v) is 4.07. The second-order valence-electron chi connectivity index (χ2n) is 6.40. The van der Waals surface area contributed by atoms with Crippen LogP contribution in [0.2, 0.25) is 5.02 Å². The Morgan fingerprint density at radius 1 is 1.10 bits per heavy atom. The average Bonchev–Trinajstić information content (AvgIpc) is 3.08. The van der Waals surface area contributed by atoms with Gasteiger partial charge in [-0.25, -0.2) is 9.79 Å². The van der Waals surface area contributed by atoms with Gasteiger partial charge in [0.15, 0.2) is 10.8 Å². The molecular formula is C22H15BrClN3O3S. The van der Waals surface area contributed by atoms with E-state index in [1.54, 1.807) is 60.7 Å². The van der Waals surface area contributed by atoms with E-state index in [1.165, 1.54) is 16.3 Å². The molecule has 4 rings (SSSR count). The molecule has 0 aliphatic carbocycles. The summed E-state index contributed by atoms with van der Waals surface area (Å²) in [4.78, 5) is 29.5. The van der Waals surface area contributed by atoms with Gasteiger partial charge in [-0.05, 0) is 54.6 Å². The van der Waals surface area contributed by atoms with Crippen molar-refractivity contribution in [3.8, 4) is 0 Å². The maximum atomic E-state index is 12.7. The molecule has 0 bridgehead atoms. The average molecular weight is 517 g/mol. The normalized spacial score (nSPS) is 11.6. The molecule has 0 aliphatic rings. The van der Waals surface area contributed by atoms with Gasteiger partial charge < -0.3 is 9.73 Å². The lowest BCUT2D eigenvalue weighted by Crippen LogP contribution is -2.29. The number of amidine groups is 1. The van der Waals surface area contributed by atoms with Gasteiger partial charge >= 0.3 is 5.76 Å². The maximum absolute atomic E-state index is 12.7. The monoisotopic (exact) mass is 515 g/mol. The van der Waals surface area contributed by atoms with E-state index in [4.69, 9.17) is 16.0 Å². The van der Waals surface area contributed by atoms with Gasteiger partial charge in [-0.15, -0.1) is 0 Å². The minimum absolute atomic E-state index is 0.203. The summed E-state index contributed by atoms with van der Waals surface area (Å²) in [5, 5.41) is 3.75. The molecular weight excluding hydrogens is 502 g/mol. The van der Waals surface area contributed by atoms with Crippen molar-refractivity contribution in [1.29, 1.82) is 0 Å². The number of aromatic nitrogens is 1. The molecule has 0 saturated carbocycles. The highest BCUT2D eigenvalue weighted by Crippen LogP contribution is 2.22. The number of carbonyl (C=O) groups excluding carboxylic acids is 1. The molecule has 0 spiro atoms. The second kappa shape index (κ2) is 9.55. The fourth-order valence-electron chi connectivity index (χ4n) is 2.78. The van der Waals surface area contributed by atoms with Gasteiger partial charge in [0.25, 0.3) is 5.91 Å². The molecule has 0 fully saturated rings. The van der Waals surface area contributed by atoms with Gasteiger partial charge in [0.1, 0.15) is 0 Å². The zero-order chi connectivity index (χ0) is 21.8. The molecule has 1 aromatic heterocycles. The Hall–Kier alpha value is -2.81. The first-order chi connectivity index (χ1) is 15.0. The molecule has 0 saturated heterocycles. The Balaban J connectivity index is 1.61. The van der Waals surface area contributed by atoms with Crippen LogP contribution in [-0.2, 0) is 5.88 Å². The lowest BCUT2D eigenvalue weighted by Gasteiger charge is -2.09. The van der Waals surface area contributed by atoms with Crippen LogP contribution in [-0.4, -0.2) is 15.6 Å². The summed E-state index contributed by atoms with van der Waals surface area (Å²) < 4.78 is 7.61. The summed E-state index contributed by atoms with van der Waals surface area (Å²) >= 11 is 10.5. The minimum atomic E-state index is -0.485. The molecule has 1 amide bonds. The predicted molar refractivity (Wildman–Crippen MR) is 128 cm³/mol. The van der Waals surface area contributed by atoms with Crippen LogP contribution in [0.5, 0.6) is 0 Å². The van der Waals surface area contributed by atoms with Crippen LogP contribution in [0.1, 0.15) is 10.4 Å². The minimum Gasteiger partial charge on any atom is -0.408 e. The van der Waals surface area contributed by atoms with E-state index < -0.39 is 5.76 Å². The number of fused-ring (bicyclic) bond motifs is 1. The lowest BCUT2D eigenvalue weighted by molar-refractivity contribution is 0.0978. The Morgan fingerprint density at radius 2 is 1.84 bits per heavy atom. The van der Waals surface area contributed by atoms with E-state index in [2.05, 4.69) is 26.2 Å². The van der Waals surface area contributed by atoms with Gasteiger partial charge in [0.2, 0.25) is 0 Å². The number of nitrogens with one attached hydrogen (secondary N) is 1. The van der Waals surface area contributed by atoms with Gasteiger partial charge in [-0.3, -0.25) is 9.36 Å². The molecule has 0 radical (unpaired) electrons. The van der Waals surface area contributed by atoms with Crippen molar-refractivity contribution < 1.29 is 9.21 Å². The Bertz CT molecular complexity index is 1320. The molecule has 6 nitrogen and oxygen atoms in total. The quantitative estimate of drug-likeness (QED) is 0.274. The molecule has 3 aromatic carbocycles. The molecule has 9 heteroatoms. The smallest absolute Gasteiger partial charge is 0.408 e. The molecule has 4 aromatic rings. The summed E-state index contributed by atoms with van der Waals surface area (Å²) in [5.41, 5.74) is 2.25. The van der Waals surface area contributed by atoms with E-state index in [-0.39, 0.29) is 11.8 Å². The van der Waals surface area contributed by atoms with Crippen LogP contribution in [0, 0.1) is 0 Å². The third-order valence-corrected chi connectivity index (χ3v) is 5.87. The van der Waals surface area contributed by atoms with Crippen molar-refractivity contribution in [3.63, 3.8) is 0 Å². The van der Waals surface area contributed by atoms with Crippen LogP contribution < -0.4 is 11.1 Å². The first-order valence-electron chi connectivity index (χ1n) is 9.12. The second-order valence-corrected chi connectivity index (χ2v) is 8.68. The molecule has 1 heterocycles. The first kappa shape index (κ1) is 21.4. The van der Waals surface area contributed by atoms with E-state index in [1.807, 2.05) is 12.1 Å². The van der Waals surface area contributed by atoms with Gasteiger partial charge in [0, 0.05) is 15.1 Å². The van der Waals surface area contributed by atoms with Gasteiger partial charge in [0.05, 0.1) is 17.1 Å². The number of nitrogens with zero attached hydrogens (tertiary/aromatic N) is 2. The number of aliphatic imine (C=N–C) groups is 1. The Kier molecular flexibility index (Phi) is 6.60. The third kappa shape index (κ3) is 5.28. The summed E-state index contributed by atoms with van der Waals surface area (Å²) in [7, 11) is 0. The third-order valence-electron chi connectivity index (χ3n) is 4.27. The predicted octanol–water partition coefficient (Wildman–Crippen LogP) is 5.82. The largest absolute Gasteiger partial charge is 0.420 e. The van der Waals surface area contributed by atoms with Gasteiger partial charge in [-0.2, -0.15) is 0 Å². The number of amides is 1. The maximum Gasteiger partial charge on any atom is 0.420 e. The zero-order valence-corrected chi connectivity index (χ0v) is 19.1. The van der Waals surface area contributed by atoms with Crippen LogP contribution in [0.3, 0.4) is 0 Å². The van der Waals surface area contributed by atoms with Gasteiger partial charge in [-0.1, -0.05) is 57.5 Å². The lowest BCUT2D eigenvalue weighted by atomic mass is 10.2. The van der Waals surface area contributed by atoms with Crippen molar-refractivity contribution >= 4 is 67.2 Å². The SMILES string of the molecule is O=C(NC(=Nc1ccc(Cl)cc1)SCn1c(=O)oc2cc(Br)ccc21)c1ccccc1. The summed E-state index contributed by atoms with van der Waals surface area (Å²) in [6.45, 7) is 0. The molecule has 31 heavy (non-hydrogen) atoms. The number of carbonyl (C=O) groups is 1. The Morgan fingerprint density at radius 3 is 2.58 bits per heavy atom. The van der Waals surface area contributed by atoms with Crippen LogP contribution >= 0.6 is 39.3 Å². The molecule has 1 N–H and O–H groups in total. The van der Waals surface area contributed by atoms with E-state index in [0.717, 1.165) is 4.47 Å². The molecule has 0 aliphatic heterocycles. The highest BCUT2D eigenvalue weighted by atomic mass is 79.9. The summed E-state index contributed by atoms with van der Waals surface area (Å²) in [5.74, 6) is -0.579. The number of hydrogen-bond donors (Lipinski definition) is 1. The topological polar surface area (TPSA) is 76.6 Å². The highest BCUT2D eigenvalue weighted by molar-refractivity contribution is 9.10. The fraction of sp³-hybridized carbons (Fsp3) is 0.0455. The van der Waals surface area contributed by atoms with E-state index in [0.29, 0.717) is 32.5 Å². The van der Waals surface area contributed by atoms with Crippen molar-refractivity contribution in [2.24, 2.45) is 4.99 Å². The Labute approximate surface area is 195 Å². The van der Waals surface area contributed by atoms with E-state index >= 15 is 0 Å². The number of halogens is 2. The number of hydrogen-bond acceptors (Lipinski definition) is 5. The molecule has 0 atom stereocenters.